The number of rotatable bonds is 6. The Labute approximate surface area is 126 Å². The van der Waals surface area contributed by atoms with E-state index in [2.05, 4.69) is 56.2 Å². The minimum Gasteiger partial charge on any atom is -0.315 e. The number of nitrogens with zero attached hydrogens (tertiary/aromatic N) is 4. The van der Waals surface area contributed by atoms with Gasteiger partial charge in [0.1, 0.15) is 12.2 Å². The third-order valence-electron chi connectivity index (χ3n) is 3.90. The van der Waals surface area contributed by atoms with Crippen molar-refractivity contribution in [1.29, 1.82) is 0 Å². The number of fused-ring (bicyclic) bond motifs is 1. The summed E-state index contributed by atoms with van der Waals surface area (Å²) in [6.45, 7) is 8.15. The first kappa shape index (κ1) is 14.2. The highest BCUT2D eigenvalue weighted by Crippen LogP contribution is 2.13. The summed E-state index contributed by atoms with van der Waals surface area (Å²) in [7, 11) is 0. The summed E-state index contributed by atoms with van der Waals surface area (Å²) in [5.41, 5.74) is 2.72. The van der Waals surface area contributed by atoms with Gasteiger partial charge < -0.3 is 9.88 Å². The minimum atomic E-state index is 0.889. The molecule has 0 radical (unpaired) electrons. The van der Waals surface area contributed by atoms with Crippen LogP contribution in [-0.4, -0.2) is 32.8 Å². The summed E-state index contributed by atoms with van der Waals surface area (Å²) in [5.74, 6) is 1.07. The standard InChI is InChI=1S/C16H23N5/c1-2-7-17-10-14-3-5-15(6-4-14)11-20-8-9-21-13-18-19-16(21)12-20/h3-6,13,17H,2,7-12H2,1H3. The van der Waals surface area contributed by atoms with Crippen LogP contribution < -0.4 is 5.32 Å². The van der Waals surface area contributed by atoms with Gasteiger partial charge in [-0.05, 0) is 24.1 Å². The summed E-state index contributed by atoms with van der Waals surface area (Å²) in [6, 6.07) is 8.93. The molecule has 1 N–H and O–H groups in total. The number of hydrogen-bond acceptors (Lipinski definition) is 4. The largest absolute Gasteiger partial charge is 0.315 e. The molecule has 0 saturated heterocycles. The predicted molar refractivity (Wildman–Crippen MR) is 82.6 cm³/mol. The monoisotopic (exact) mass is 285 g/mol. The molecule has 1 aromatic heterocycles. The Hall–Kier alpha value is -1.72. The second kappa shape index (κ2) is 6.83. The van der Waals surface area contributed by atoms with E-state index in [4.69, 9.17) is 0 Å². The molecule has 1 aliphatic rings. The molecule has 0 saturated carbocycles. The molecule has 1 aliphatic heterocycles. The van der Waals surface area contributed by atoms with Crippen LogP contribution in [0.3, 0.4) is 0 Å². The Bertz CT molecular complexity index is 560. The molecule has 2 heterocycles. The van der Waals surface area contributed by atoms with Crippen LogP contribution in [0.25, 0.3) is 0 Å². The van der Waals surface area contributed by atoms with Crippen LogP contribution in [0, 0.1) is 0 Å². The number of benzene rings is 1. The van der Waals surface area contributed by atoms with E-state index < -0.39 is 0 Å². The highest BCUT2D eigenvalue weighted by Gasteiger charge is 2.17. The van der Waals surface area contributed by atoms with Crippen molar-refractivity contribution < 1.29 is 0 Å². The van der Waals surface area contributed by atoms with Gasteiger partial charge in [0.25, 0.3) is 0 Å². The molecule has 0 fully saturated rings. The predicted octanol–water partition coefficient (Wildman–Crippen LogP) is 1.79. The van der Waals surface area contributed by atoms with Crippen LogP contribution in [-0.2, 0) is 26.2 Å². The molecule has 2 aromatic rings. The van der Waals surface area contributed by atoms with E-state index in [0.717, 1.165) is 45.1 Å². The molecule has 5 heteroatoms. The first-order valence-corrected chi connectivity index (χ1v) is 7.72. The average Bonchev–Trinajstić information content (AvgIpc) is 2.97. The van der Waals surface area contributed by atoms with Crippen molar-refractivity contribution in [2.24, 2.45) is 0 Å². The van der Waals surface area contributed by atoms with Crippen LogP contribution in [0.1, 0.15) is 30.3 Å². The molecule has 0 aliphatic carbocycles. The van der Waals surface area contributed by atoms with Crippen LogP contribution in [0.5, 0.6) is 0 Å². The minimum absolute atomic E-state index is 0.889. The highest BCUT2D eigenvalue weighted by atomic mass is 15.3. The highest BCUT2D eigenvalue weighted by molar-refractivity contribution is 5.22. The van der Waals surface area contributed by atoms with Gasteiger partial charge in [-0.1, -0.05) is 31.2 Å². The summed E-state index contributed by atoms with van der Waals surface area (Å²) in [6.07, 6.45) is 3.00. The van der Waals surface area contributed by atoms with Crippen molar-refractivity contribution in [2.45, 2.75) is 39.5 Å². The Balaban J connectivity index is 1.54. The molecule has 0 unspecified atom stereocenters. The summed E-state index contributed by atoms with van der Waals surface area (Å²) in [5, 5.41) is 11.6. The normalized spacial score (nSPS) is 15.1. The second-order valence-electron chi connectivity index (χ2n) is 5.64. The number of aromatic nitrogens is 3. The Morgan fingerprint density at radius 3 is 2.76 bits per heavy atom. The number of nitrogens with one attached hydrogen (secondary N) is 1. The molecule has 3 rings (SSSR count). The van der Waals surface area contributed by atoms with Gasteiger partial charge in [0.05, 0.1) is 6.54 Å². The zero-order valence-corrected chi connectivity index (χ0v) is 12.6. The van der Waals surface area contributed by atoms with Gasteiger partial charge in [0.2, 0.25) is 0 Å². The quantitative estimate of drug-likeness (QED) is 0.822. The molecule has 1 aromatic carbocycles. The van der Waals surface area contributed by atoms with E-state index in [9.17, 15) is 0 Å². The van der Waals surface area contributed by atoms with Gasteiger partial charge in [0.15, 0.2) is 0 Å². The van der Waals surface area contributed by atoms with Crippen LogP contribution in [0.15, 0.2) is 30.6 Å². The molecule has 0 bridgehead atoms. The SMILES string of the molecule is CCCNCc1ccc(CN2CCn3cnnc3C2)cc1. The molecule has 112 valence electrons. The van der Waals surface area contributed by atoms with Crippen molar-refractivity contribution in [2.75, 3.05) is 13.1 Å². The molecular weight excluding hydrogens is 262 g/mol. The zero-order valence-electron chi connectivity index (χ0n) is 12.6. The van der Waals surface area contributed by atoms with Gasteiger partial charge in [-0.25, -0.2) is 0 Å². The second-order valence-corrected chi connectivity index (χ2v) is 5.64. The van der Waals surface area contributed by atoms with Gasteiger partial charge in [-0.15, -0.1) is 10.2 Å². The van der Waals surface area contributed by atoms with Crippen LogP contribution >= 0.6 is 0 Å². The fourth-order valence-electron chi connectivity index (χ4n) is 2.68. The lowest BCUT2D eigenvalue weighted by Gasteiger charge is -2.26. The molecule has 21 heavy (non-hydrogen) atoms. The van der Waals surface area contributed by atoms with Crippen molar-refractivity contribution in [3.05, 3.63) is 47.5 Å². The van der Waals surface area contributed by atoms with Crippen LogP contribution in [0.4, 0.5) is 0 Å². The lowest BCUT2D eigenvalue weighted by molar-refractivity contribution is 0.209. The molecule has 0 atom stereocenters. The maximum absolute atomic E-state index is 4.17. The van der Waals surface area contributed by atoms with Crippen molar-refractivity contribution >= 4 is 0 Å². The van der Waals surface area contributed by atoms with E-state index in [-0.39, 0.29) is 0 Å². The summed E-state index contributed by atoms with van der Waals surface area (Å²) in [4.78, 5) is 2.42. The Kier molecular flexibility index (Phi) is 4.62. The fraction of sp³-hybridized carbons (Fsp3) is 0.500. The summed E-state index contributed by atoms with van der Waals surface area (Å²) >= 11 is 0. The van der Waals surface area contributed by atoms with Gasteiger partial charge in [-0.3, -0.25) is 4.90 Å². The topological polar surface area (TPSA) is 46.0 Å². The first-order chi connectivity index (χ1) is 10.3. The maximum atomic E-state index is 4.17. The van der Waals surface area contributed by atoms with Gasteiger partial charge in [-0.2, -0.15) is 0 Å². The Morgan fingerprint density at radius 1 is 1.14 bits per heavy atom. The summed E-state index contributed by atoms with van der Waals surface area (Å²) < 4.78 is 2.14. The zero-order chi connectivity index (χ0) is 14.5. The van der Waals surface area contributed by atoms with E-state index in [1.54, 1.807) is 0 Å². The third kappa shape index (κ3) is 3.68. The van der Waals surface area contributed by atoms with E-state index in [1.165, 1.54) is 17.5 Å². The number of hydrogen-bond donors (Lipinski definition) is 1. The van der Waals surface area contributed by atoms with E-state index >= 15 is 0 Å². The fourth-order valence-corrected chi connectivity index (χ4v) is 2.68. The first-order valence-electron chi connectivity index (χ1n) is 7.72. The lowest BCUT2D eigenvalue weighted by Crippen LogP contribution is -2.33. The maximum Gasteiger partial charge on any atom is 0.147 e. The van der Waals surface area contributed by atoms with Gasteiger partial charge in [0, 0.05) is 26.2 Å². The van der Waals surface area contributed by atoms with Crippen molar-refractivity contribution in [1.82, 2.24) is 25.0 Å². The molecule has 0 amide bonds. The van der Waals surface area contributed by atoms with Crippen LogP contribution in [0.2, 0.25) is 0 Å². The third-order valence-corrected chi connectivity index (χ3v) is 3.90. The van der Waals surface area contributed by atoms with Gasteiger partial charge >= 0.3 is 0 Å². The molecule has 5 nitrogen and oxygen atoms in total. The molecular formula is C16H23N5. The molecule has 0 spiro atoms. The van der Waals surface area contributed by atoms with Crippen molar-refractivity contribution in [3.8, 4) is 0 Å². The Morgan fingerprint density at radius 2 is 1.95 bits per heavy atom. The van der Waals surface area contributed by atoms with E-state index in [0.29, 0.717) is 0 Å². The van der Waals surface area contributed by atoms with Crippen molar-refractivity contribution in [3.63, 3.8) is 0 Å². The lowest BCUT2D eigenvalue weighted by atomic mass is 10.1. The van der Waals surface area contributed by atoms with E-state index in [1.807, 2.05) is 6.33 Å². The smallest absolute Gasteiger partial charge is 0.147 e. The average molecular weight is 285 g/mol.